The Balaban J connectivity index is 2.79. The zero-order chi connectivity index (χ0) is 12.0. The summed E-state index contributed by atoms with van der Waals surface area (Å²) < 4.78 is 5.08. The number of nitrogens with zero attached hydrogens (tertiary/aromatic N) is 1. The first kappa shape index (κ1) is 12.6. The van der Waals surface area contributed by atoms with E-state index in [4.69, 9.17) is 10.5 Å². The van der Waals surface area contributed by atoms with Crippen LogP contribution in [0.4, 0.5) is 0 Å². The van der Waals surface area contributed by atoms with Crippen molar-refractivity contribution in [2.75, 3.05) is 7.11 Å². The van der Waals surface area contributed by atoms with Crippen molar-refractivity contribution in [1.29, 1.82) is 0 Å². The summed E-state index contributed by atoms with van der Waals surface area (Å²) in [6, 6.07) is 2.96. The van der Waals surface area contributed by atoms with Crippen molar-refractivity contribution in [3.8, 4) is 5.75 Å². The lowest BCUT2D eigenvalue weighted by molar-refractivity contribution is 0.0948. The van der Waals surface area contributed by atoms with E-state index in [1.165, 1.54) is 7.11 Å². The van der Waals surface area contributed by atoms with Gasteiger partial charge >= 0.3 is 0 Å². The van der Waals surface area contributed by atoms with Crippen LogP contribution in [-0.2, 0) is 0 Å². The second-order valence-corrected chi connectivity index (χ2v) is 3.67. The topological polar surface area (TPSA) is 65.2 Å². The number of methoxy groups -OCH3 is 1. The molecule has 4 nitrogen and oxygen atoms in total. The fourth-order valence-electron chi connectivity index (χ4n) is 1.47. The summed E-state index contributed by atoms with van der Waals surface area (Å²) in [5.41, 5.74) is 6.14. The molecule has 0 radical (unpaired) electrons. The van der Waals surface area contributed by atoms with Gasteiger partial charge < -0.3 is 10.5 Å². The van der Waals surface area contributed by atoms with Gasteiger partial charge in [-0.15, -0.1) is 0 Å². The SMILES string of the molecule is CCCCC(N)C(=O)c1ncccc1OC. The van der Waals surface area contributed by atoms with Gasteiger partial charge in [0.1, 0.15) is 11.4 Å². The van der Waals surface area contributed by atoms with Gasteiger partial charge in [0.2, 0.25) is 5.78 Å². The highest BCUT2D eigenvalue weighted by molar-refractivity contribution is 6.00. The van der Waals surface area contributed by atoms with Crippen molar-refractivity contribution in [2.24, 2.45) is 5.73 Å². The van der Waals surface area contributed by atoms with Gasteiger partial charge in [-0.2, -0.15) is 0 Å². The highest BCUT2D eigenvalue weighted by Crippen LogP contribution is 2.17. The number of ketones is 1. The smallest absolute Gasteiger partial charge is 0.201 e. The second kappa shape index (κ2) is 6.23. The maximum atomic E-state index is 12.0. The van der Waals surface area contributed by atoms with Crippen LogP contribution in [0.5, 0.6) is 5.75 Å². The number of Topliss-reactive ketones (excluding diaryl/α,β-unsaturated/α-hetero) is 1. The van der Waals surface area contributed by atoms with Gasteiger partial charge in [-0.3, -0.25) is 4.79 Å². The van der Waals surface area contributed by atoms with E-state index >= 15 is 0 Å². The number of hydrogen-bond donors (Lipinski definition) is 1. The lowest BCUT2D eigenvalue weighted by Crippen LogP contribution is -2.31. The highest BCUT2D eigenvalue weighted by atomic mass is 16.5. The molecule has 1 unspecified atom stereocenters. The minimum Gasteiger partial charge on any atom is -0.494 e. The molecule has 0 amide bonds. The molecule has 0 spiro atoms. The monoisotopic (exact) mass is 222 g/mol. The largest absolute Gasteiger partial charge is 0.494 e. The number of aromatic nitrogens is 1. The number of ether oxygens (including phenoxy) is 1. The Kier molecular flexibility index (Phi) is 4.92. The second-order valence-electron chi connectivity index (χ2n) is 3.67. The first-order chi connectivity index (χ1) is 7.70. The van der Waals surface area contributed by atoms with Crippen LogP contribution < -0.4 is 10.5 Å². The molecule has 2 N–H and O–H groups in total. The van der Waals surface area contributed by atoms with Crippen LogP contribution in [0.1, 0.15) is 36.7 Å². The molecule has 1 heterocycles. The number of unbranched alkanes of at least 4 members (excludes halogenated alkanes) is 1. The number of carbonyl (C=O) groups is 1. The Morgan fingerprint density at radius 1 is 1.62 bits per heavy atom. The normalized spacial score (nSPS) is 12.2. The number of pyridine rings is 1. The van der Waals surface area contributed by atoms with E-state index in [-0.39, 0.29) is 5.78 Å². The summed E-state index contributed by atoms with van der Waals surface area (Å²) in [7, 11) is 1.52. The molecule has 0 aliphatic heterocycles. The molecule has 1 atom stereocenters. The predicted octanol–water partition coefficient (Wildman–Crippen LogP) is 1.79. The lowest BCUT2D eigenvalue weighted by Gasteiger charge is -2.11. The average molecular weight is 222 g/mol. The standard InChI is InChI=1S/C12H18N2O2/c1-3-4-6-9(13)12(15)11-10(16-2)7-5-8-14-11/h5,7-9H,3-4,6,13H2,1-2H3. The number of rotatable bonds is 6. The maximum Gasteiger partial charge on any atom is 0.201 e. The van der Waals surface area contributed by atoms with E-state index in [9.17, 15) is 4.79 Å². The van der Waals surface area contributed by atoms with Crippen molar-refractivity contribution in [1.82, 2.24) is 4.98 Å². The van der Waals surface area contributed by atoms with Gasteiger partial charge in [0, 0.05) is 6.20 Å². The Morgan fingerprint density at radius 3 is 3.00 bits per heavy atom. The molecular formula is C12H18N2O2. The average Bonchev–Trinajstić information content (AvgIpc) is 2.34. The van der Waals surface area contributed by atoms with Gasteiger partial charge in [0.05, 0.1) is 13.2 Å². The zero-order valence-corrected chi connectivity index (χ0v) is 9.77. The first-order valence-corrected chi connectivity index (χ1v) is 5.49. The molecule has 1 aromatic rings. The zero-order valence-electron chi connectivity index (χ0n) is 9.77. The highest BCUT2D eigenvalue weighted by Gasteiger charge is 2.19. The number of nitrogens with two attached hydrogens (primary N) is 1. The summed E-state index contributed by atoms with van der Waals surface area (Å²) in [5, 5.41) is 0. The van der Waals surface area contributed by atoms with Crippen molar-refractivity contribution >= 4 is 5.78 Å². The van der Waals surface area contributed by atoms with Gasteiger partial charge in [-0.25, -0.2) is 4.98 Å². The van der Waals surface area contributed by atoms with Gasteiger partial charge in [0.25, 0.3) is 0 Å². The van der Waals surface area contributed by atoms with E-state index < -0.39 is 6.04 Å². The van der Waals surface area contributed by atoms with Crippen LogP contribution in [0.3, 0.4) is 0 Å². The van der Waals surface area contributed by atoms with Gasteiger partial charge in [-0.1, -0.05) is 19.8 Å². The predicted molar refractivity (Wildman–Crippen MR) is 62.6 cm³/mol. The molecule has 0 fully saturated rings. The molecule has 0 saturated carbocycles. The number of hydrogen-bond acceptors (Lipinski definition) is 4. The summed E-state index contributed by atoms with van der Waals surface area (Å²) in [6.45, 7) is 2.07. The third-order valence-electron chi connectivity index (χ3n) is 2.43. The lowest BCUT2D eigenvalue weighted by atomic mass is 10.0. The first-order valence-electron chi connectivity index (χ1n) is 5.49. The molecular weight excluding hydrogens is 204 g/mol. The van der Waals surface area contributed by atoms with E-state index in [0.717, 1.165) is 12.8 Å². The molecule has 0 bridgehead atoms. The minimum absolute atomic E-state index is 0.147. The molecule has 0 saturated heterocycles. The fourth-order valence-corrected chi connectivity index (χ4v) is 1.47. The van der Waals surface area contributed by atoms with Crippen molar-refractivity contribution in [3.05, 3.63) is 24.0 Å². The Morgan fingerprint density at radius 2 is 2.38 bits per heavy atom. The Labute approximate surface area is 95.8 Å². The summed E-state index contributed by atoms with van der Waals surface area (Å²) in [5.74, 6) is 0.338. The molecule has 88 valence electrons. The van der Waals surface area contributed by atoms with Crippen molar-refractivity contribution < 1.29 is 9.53 Å². The van der Waals surface area contributed by atoms with E-state index in [1.54, 1.807) is 18.3 Å². The molecule has 0 aliphatic carbocycles. The molecule has 1 aromatic heterocycles. The maximum absolute atomic E-state index is 12.0. The minimum atomic E-state index is -0.483. The van der Waals surface area contributed by atoms with Crippen LogP contribution in [0, 0.1) is 0 Å². The quantitative estimate of drug-likeness (QED) is 0.745. The third kappa shape index (κ3) is 3.03. The molecule has 1 rings (SSSR count). The molecule has 0 aliphatic rings. The molecule has 4 heteroatoms. The van der Waals surface area contributed by atoms with Crippen LogP contribution in [0.25, 0.3) is 0 Å². The number of carbonyl (C=O) groups excluding carboxylic acids is 1. The third-order valence-corrected chi connectivity index (χ3v) is 2.43. The summed E-state index contributed by atoms with van der Waals surface area (Å²) >= 11 is 0. The van der Waals surface area contributed by atoms with E-state index in [2.05, 4.69) is 11.9 Å². The Bertz CT molecular complexity index is 353. The Hall–Kier alpha value is -1.42. The van der Waals surface area contributed by atoms with Crippen molar-refractivity contribution in [2.45, 2.75) is 32.2 Å². The summed E-state index contributed by atoms with van der Waals surface area (Å²) in [4.78, 5) is 16.0. The summed E-state index contributed by atoms with van der Waals surface area (Å²) in [6.07, 6.45) is 4.24. The van der Waals surface area contributed by atoms with Gasteiger partial charge in [-0.05, 0) is 18.6 Å². The van der Waals surface area contributed by atoms with Crippen molar-refractivity contribution in [3.63, 3.8) is 0 Å². The fraction of sp³-hybridized carbons (Fsp3) is 0.500. The van der Waals surface area contributed by atoms with Crippen LogP contribution in [-0.4, -0.2) is 23.9 Å². The van der Waals surface area contributed by atoms with Crippen LogP contribution in [0.2, 0.25) is 0 Å². The molecule has 16 heavy (non-hydrogen) atoms. The van der Waals surface area contributed by atoms with E-state index in [0.29, 0.717) is 17.9 Å². The van der Waals surface area contributed by atoms with E-state index in [1.807, 2.05) is 0 Å². The molecule has 0 aromatic carbocycles. The van der Waals surface area contributed by atoms with Crippen LogP contribution in [0.15, 0.2) is 18.3 Å². The van der Waals surface area contributed by atoms with Crippen LogP contribution >= 0.6 is 0 Å². The van der Waals surface area contributed by atoms with Gasteiger partial charge in [0.15, 0.2) is 0 Å².